The molecule has 43 heavy (non-hydrogen) atoms. The molecule has 1 aromatic carbocycles. The maximum atomic E-state index is 12.4. The summed E-state index contributed by atoms with van der Waals surface area (Å²) in [6.45, 7) is 9.90. The zero-order chi connectivity index (χ0) is 30.0. The minimum absolute atomic E-state index is 0.251. The number of carbonyl (C=O) groups excluding carboxylic acids is 1. The third-order valence-electron chi connectivity index (χ3n) is 7.38. The fourth-order valence-electron chi connectivity index (χ4n) is 4.98. The molecule has 4 aromatic rings. The van der Waals surface area contributed by atoms with Crippen molar-refractivity contribution in [2.24, 2.45) is 5.92 Å². The van der Waals surface area contributed by atoms with E-state index in [-0.39, 0.29) is 6.09 Å². The number of amides is 1. The van der Waals surface area contributed by atoms with Crippen molar-refractivity contribution in [1.82, 2.24) is 34.7 Å². The van der Waals surface area contributed by atoms with Gasteiger partial charge in [0.25, 0.3) is 5.88 Å². The zero-order valence-corrected chi connectivity index (χ0v) is 25.1. The summed E-state index contributed by atoms with van der Waals surface area (Å²) in [4.78, 5) is 37.8. The lowest BCUT2D eigenvalue weighted by molar-refractivity contribution is 0.0139. The van der Waals surface area contributed by atoms with Crippen LogP contribution in [0.3, 0.4) is 0 Å². The number of pyridine rings is 1. The van der Waals surface area contributed by atoms with Gasteiger partial charge in [-0.25, -0.2) is 19.7 Å². The lowest BCUT2D eigenvalue weighted by Crippen LogP contribution is -2.49. The summed E-state index contributed by atoms with van der Waals surface area (Å²) in [7, 11) is 1.61. The molecule has 2 fully saturated rings. The van der Waals surface area contributed by atoms with Crippen molar-refractivity contribution in [1.29, 1.82) is 0 Å². The number of methoxy groups -OCH3 is 1. The second kappa shape index (κ2) is 12.0. The summed E-state index contributed by atoms with van der Waals surface area (Å²) in [5, 5.41) is 3.30. The van der Waals surface area contributed by atoms with Crippen LogP contribution < -0.4 is 14.8 Å². The molecule has 1 aliphatic heterocycles. The van der Waals surface area contributed by atoms with E-state index in [4.69, 9.17) is 19.2 Å². The Kier molecular flexibility index (Phi) is 8.02. The number of benzene rings is 1. The number of hydrogen-bond acceptors (Lipinski definition) is 10. The third kappa shape index (κ3) is 7.14. The number of fused-ring (bicyclic) bond motifs is 1. The molecule has 0 bridgehead atoms. The first kappa shape index (κ1) is 28.7. The van der Waals surface area contributed by atoms with E-state index in [2.05, 4.69) is 30.2 Å². The number of H-pyrrole nitrogens is 1. The molecule has 3 aromatic heterocycles. The Balaban J connectivity index is 1.10. The maximum Gasteiger partial charge on any atom is 0.410 e. The van der Waals surface area contributed by atoms with E-state index in [1.807, 2.05) is 51.1 Å². The molecule has 0 atom stereocenters. The van der Waals surface area contributed by atoms with Gasteiger partial charge in [0.15, 0.2) is 0 Å². The second-order valence-electron chi connectivity index (χ2n) is 12.1. The van der Waals surface area contributed by atoms with Crippen LogP contribution in [0.1, 0.15) is 39.2 Å². The third-order valence-corrected chi connectivity index (χ3v) is 7.38. The van der Waals surface area contributed by atoms with Gasteiger partial charge < -0.3 is 29.4 Å². The number of anilines is 2. The van der Waals surface area contributed by atoms with Crippen LogP contribution in [-0.4, -0.2) is 86.3 Å². The first-order valence-electron chi connectivity index (χ1n) is 14.7. The standard InChI is InChI=1S/C31H38N8O4/c1-31(2,3)43-30(40)39-13-11-38(12-14-39)17-21-9-10-32-25(15-21)37-29-35-23-8-7-22(16-24(23)36-29)26-27(41-4)28(34-19-33-26)42-18-20-5-6-20/h7-10,15-16,19-20H,5-6,11-14,17-18H2,1-4H3,(H2,32,35,36,37). The predicted octanol–water partition coefficient (Wildman–Crippen LogP) is 5.01. The molecule has 6 rings (SSSR count). The summed E-state index contributed by atoms with van der Waals surface area (Å²) < 4.78 is 17.1. The van der Waals surface area contributed by atoms with Crippen molar-refractivity contribution in [3.05, 3.63) is 48.4 Å². The number of nitrogens with one attached hydrogen (secondary N) is 2. The fourth-order valence-corrected chi connectivity index (χ4v) is 4.98. The normalized spacial score (nSPS) is 15.9. The number of piperazine rings is 1. The van der Waals surface area contributed by atoms with E-state index in [0.717, 1.165) is 41.8 Å². The fraction of sp³-hybridized carbons (Fsp3) is 0.452. The van der Waals surface area contributed by atoms with Crippen LogP contribution in [0.2, 0.25) is 0 Å². The highest BCUT2D eigenvalue weighted by Gasteiger charge is 2.26. The number of ether oxygens (including phenoxy) is 3. The number of imidazole rings is 1. The van der Waals surface area contributed by atoms with Gasteiger partial charge in [-0.1, -0.05) is 6.07 Å². The molecule has 2 N–H and O–H groups in total. The highest BCUT2D eigenvalue weighted by Crippen LogP contribution is 2.37. The molecule has 226 valence electrons. The van der Waals surface area contributed by atoms with Gasteiger partial charge in [-0.05, 0) is 69.4 Å². The molecule has 0 radical (unpaired) electrons. The maximum absolute atomic E-state index is 12.4. The van der Waals surface area contributed by atoms with Crippen LogP contribution in [0.25, 0.3) is 22.3 Å². The highest BCUT2D eigenvalue weighted by molar-refractivity contribution is 5.84. The summed E-state index contributed by atoms with van der Waals surface area (Å²) in [6.07, 6.45) is 5.44. The number of hydrogen-bond donors (Lipinski definition) is 2. The topological polar surface area (TPSA) is 131 Å². The Morgan fingerprint density at radius 2 is 1.88 bits per heavy atom. The number of aromatic nitrogens is 5. The van der Waals surface area contributed by atoms with Crippen molar-refractivity contribution >= 4 is 28.9 Å². The molecule has 0 unspecified atom stereocenters. The van der Waals surface area contributed by atoms with E-state index in [0.29, 0.717) is 54.7 Å². The van der Waals surface area contributed by atoms with Crippen molar-refractivity contribution in [2.45, 2.75) is 45.8 Å². The number of aromatic amines is 1. The Hall–Kier alpha value is -4.45. The van der Waals surface area contributed by atoms with Gasteiger partial charge in [-0.15, -0.1) is 0 Å². The van der Waals surface area contributed by atoms with Gasteiger partial charge in [0.2, 0.25) is 11.7 Å². The molecule has 1 saturated carbocycles. The van der Waals surface area contributed by atoms with Gasteiger partial charge in [-0.3, -0.25) is 4.90 Å². The van der Waals surface area contributed by atoms with Gasteiger partial charge >= 0.3 is 6.09 Å². The van der Waals surface area contributed by atoms with Crippen LogP contribution in [0, 0.1) is 5.92 Å². The average Bonchev–Trinajstić information content (AvgIpc) is 3.73. The van der Waals surface area contributed by atoms with E-state index in [1.165, 1.54) is 19.2 Å². The minimum Gasteiger partial charge on any atom is -0.490 e. The van der Waals surface area contributed by atoms with Crippen molar-refractivity contribution in [2.75, 3.05) is 45.2 Å². The molecule has 1 amide bonds. The Morgan fingerprint density at radius 3 is 2.63 bits per heavy atom. The Bertz CT molecular complexity index is 1590. The number of nitrogens with zero attached hydrogens (tertiary/aromatic N) is 6. The van der Waals surface area contributed by atoms with E-state index in [1.54, 1.807) is 18.2 Å². The minimum atomic E-state index is -0.491. The van der Waals surface area contributed by atoms with Crippen LogP contribution in [0.4, 0.5) is 16.6 Å². The Labute approximate surface area is 250 Å². The van der Waals surface area contributed by atoms with E-state index in [9.17, 15) is 4.79 Å². The summed E-state index contributed by atoms with van der Waals surface area (Å²) in [6, 6.07) is 9.93. The first-order valence-corrected chi connectivity index (χ1v) is 14.7. The van der Waals surface area contributed by atoms with Crippen molar-refractivity contribution < 1.29 is 19.0 Å². The molecule has 1 aliphatic carbocycles. The Morgan fingerprint density at radius 1 is 1.07 bits per heavy atom. The summed E-state index contributed by atoms with van der Waals surface area (Å²) in [5.74, 6) is 2.87. The second-order valence-corrected chi connectivity index (χ2v) is 12.1. The van der Waals surface area contributed by atoms with Crippen LogP contribution in [-0.2, 0) is 11.3 Å². The van der Waals surface area contributed by atoms with Gasteiger partial charge in [-0.2, -0.15) is 4.98 Å². The van der Waals surface area contributed by atoms with Crippen LogP contribution in [0.15, 0.2) is 42.9 Å². The largest absolute Gasteiger partial charge is 0.490 e. The summed E-state index contributed by atoms with van der Waals surface area (Å²) >= 11 is 0. The smallest absolute Gasteiger partial charge is 0.410 e. The van der Waals surface area contributed by atoms with Crippen molar-refractivity contribution in [3.8, 4) is 22.9 Å². The van der Waals surface area contributed by atoms with E-state index >= 15 is 0 Å². The molecular formula is C31H38N8O4. The molecule has 12 heteroatoms. The lowest BCUT2D eigenvalue weighted by atomic mass is 10.1. The molecule has 2 aliphatic rings. The number of carbonyl (C=O) groups is 1. The first-order chi connectivity index (χ1) is 20.7. The van der Waals surface area contributed by atoms with Crippen LogP contribution in [0.5, 0.6) is 11.6 Å². The predicted molar refractivity (Wildman–Crippen MR) is 162 cm³/mol. The molecule has 1 saturated heterocycles. The summed E-state index contributed by atoms with van der Waals surface area (Å²) in [5.41, 5.74) is 3.82. The van der Waals surface area contributed by atoms with Gasteiger partial charge in [0, 0.05) is 44.5 Å². The number of rotatable bonds is 9. The van der Waals surface area contributed by atoms with Crippen LogP contribution >= 0.6 is 0 Å². The van der Waals surface area contributed by atoms with Gasteiger partial charge in [0.05, 0.1) is 24.8 Å². The zero-order valence-electron chi connectivity index (χ0n) is 25.1. The van der Waals surface area contributed by atoms with Crippen molar-refractivity contribution in [3.63, 3.8) is 0 Å². The SMILES string of the molecule is COc1c(OCC2CC2)ncnc1-c1ccc2nc(Nc3cc(CN4CCN(C(=O)OC(C)(C)C)CC4)ccn3)[nH]c2c1. The average molecular weight is 587 g/mol. The molecule has 0 spiro atoms. The molecule has 4 heterocycles. The highest BCUT2D eigenvalue weighted by atomic mass is 16.6. The molecule has 12 nitrogen and oxygen atoms in total. The van der Waals surface area contributed by atoms with E-state index < -0.39 is 5.60 Å². The monoisotopic (exact) mass is 586 g/mol. The molecular weight excluding hydrogens is 548 g/mol. The quantitative estimate of drug-likeness (QED) is 0.276. The van der Waals surface area contributed by atoms with Gasteiger partial charge in [0.1, 0.15) is 23.4 Å². The lowest BCUT2D eigenvalue weighted by Gasteiger charge is -2.35.